The van der Waals surface area contributed by atoms with E-state index in [4.69, 9.17) is 12.2 Å². The van der Waals surface area contributed by atoms with E-state index in [2.05, 4.69) is 5.32 Å². The molecule has 0 aliphatic heterocycles. The number of terminal acetylenes is 1. The highest BCUT2D eigenvalue weighted by Gasteiger charge is 2.43. The third-order valence-electron chi connectivity index (χ3n) is 2.16. The number of amides is 2. The van der Waals surface area contributed by atoms with Crippen LogP contribution < -0.4 is 11.1 Å². The fourth-order valence-corrected chi connectivity index (χ4v) is 1.22. The van der Waals surface area contributed by atoms with Crippen molar-refractivity contribution in [1.29, 1.82) is 0 Å². The second kappa shape index (κ2) is 2.86. The Morgan fingerprint density at radius 2 is 2.08 bits per heavy atom. The molecule has 1 fully saturated rings. The molecule has 0 spiro atoms. The maximum atomic E-state index is 10.9. The summed E-state index contributed by atoms with van der Waals surface area (Å²) in [5, 5.41) is 2.43. The summed E-state index contributed by atoms with van der Waals surface area (Å²) in [5.74, 6) is 0.808. The molecule has 0 bridgehead atoms. The average Bonchev–Trinajstić information content (AvgIpc) is 1.95. The molecule has 0 saturated heterocycles. The summed E-state index contributed by atoms with van der Waals surface area (Å²) in [6, 6.07) is 0. The van der Waals surface area contributed by atoms with Gasteiger partial charge in [-0.15, -0.1) is 6.42 Å². The first-order valence-corrected chi connectivity index (χ1v) is 3.69. The van der Waals surface area contributed by atoms with E-state index in [0.717, 1.165) is 6.42 Å². The third kappa shape index (κ3) is 1.26. The van der Waals surface area contributed by atoms with Gasteiger partial charge >= 0.3 is 0 Å². The van der Waals surface area contributed by atoms with Crippen LogP contribution in [-0.4, -0.2) is 17.4 Å². The van der Waals surface area contributed by atoms with Gasteiger partial charge in [0.25, 0.3) is 5.91 Å². The monoisotopic (exact) mass is 166 g/mol. The van der Waals surface area contributed by atoms with E-state index in [9.17, 15) is 9.59 Å². The van der Waals surface area contributed by atoms with Crippen LogP contribution in [-0.2, 0) is 9.59 Å². The summed E-state index contributed by atoms with van der Waals surface area (Å²) in [7, 11) is 0. The zero-order valence-electron chi connectivity index (χ0n) is 6.59. The number of carbonyl (C=O) groups excluding carboxylic acids is 2. The van der Waals surface area contributed by atoms with Gasteiger partial charge in [-0.05, 0) is 25.2 Å². The highest BCUT2D eigenvalue weighted by Crippen LogP contribution is 2.31. The Hall–Kier alpha value is -1.50. The van der Waals surface area contributed by atoms with E-state index in [0.29, 0.717) is 12.8 Å². The van der Waals surface area contributed by atoms with E-state index >= 15 is 0 Å². The Labute approximate surface area is 70.5 Å². The van der Waals surface area contributed by atoms with Crippen LogP contribution in [0.25, 0.3) is 0 Å². The third-order valence-corrected chi connectivity index (χ3v) is 2.16. The topological polar surface area (TPSA) is 72.2 Å². The molecule has 0 unspecified atom stereocenters. The van der Waals surface area contributed by atoms with Crippen LogP contribution in [0.5, 0.6) is 0 Å². The Kier molecular flexibility index (Phi) is 2.05. The van der Waals surface area contributed by atoms with Crippen LogP contribution in [0.2, 0.25) is 0 Å². The van der Waals surface area contributed by atoms with Gasteiger partial charge in [-0.25, -0.2) is 0 Å². The molecule has 1 aliphatic carbocycles. The molecular formula is C8H10N2O2. The molecule has 64 valence electrons. The molecule has 12 heavy (non-hydrogen) atoms. The van der Waals surface area contributed by atoms with Crippen molar-refractivity contribution in [2.45, 2.75) is 24.8 Å². The van der Waals surface area contributed by atoms with Gasteiger partial charge in [0.1, 0.15) is 5.54 Å². The lowest BCUT2D eigenvalue weighted by atomic mass is 9.76. The van der Waals surface area contributed by atoms with Crippen LogP contribution in [0.15, 0.2) is 0 Å². The highest BCUT2D eigenvalue weighted by atomic mass is 16.2. The Balaban J connectivity index is 2.64. The fourth-order valence-electron chi connectivity index (χ4n) is 1.22. The van der Waals surface area contributed by atoms with Crippen molar-refractivity contribution < 1.29 is 9.59 Å². The highest BCUT2D eigenvalue weighted by molar-refractivity contribution is 5.98. The number of primary amides is 1. The smallest absolute Gasteiger partial charge is 0.296 e. The summed E-state index contributed by atoms with van der Waals surface area (Å²) in [4.78, 5) is 21.7. The first-order chi connectivity index (χ1) is 5.60. The summed E-state index contributed by atoms with van der Waals surface area (Å²) in [6.45, 7) is 0. The lowest BCUT2D eigenvalue weighted by molar-refractivity contribution is -0.132. The van der Waals surface area contributed by atoms with Gasteiger partial charge in [-0.3, -0.25) is 9.59 Å². The molecule has 4 nitrogen and oxygen atoms in total. The van der Waals surface area contributed by atoms with Gasteiger partial charge in [-0.1, -0.05) is 0 Å². The molecule has 0 aromatic carbocycles. The Morgan fingerprint density at radius 3 is 2.33 bits per heavy atom. The van der Waals surface area contributed by atoms with Crippen LogP contribution in [0.3, 0.4) is 0 Å². The van der Waals surface area contributed by atoms with Gasteiger partial charge in [0.15, 0.2) is 0 Å². The first kappa shape index (κ1) is 8.60. The molecule has 0 radical (unpaired) electrons. The minimum Gasteiger partial charge on any atom is -0.368 e. The van der Waals surface area contributed by atoms with Crippen molar-refractivity contribution in [3.05, 3.63) is 0 Å². The number of nitrogens with two attached hydrogens (primary N) is 1. The fraction of sp³-hybridized carbons (Fsp3) is 0.500. The molecule has 3 N–H and O–H groups in total. The van der Waals surface area contributed by atoms with Gasteiger partial charge in [0.2, 0.25) is 5.91 Å². The summed E-state index contributed by atoms with van der Waals surface area (Å²) < 4.78 is 0. The van der Waals surface area contributed by atoms with Crippen molar-refractivity contribution in [3.63, 3.8) is 0 Å². The Morgan fingerprint density at radius 1 is 1.50 bits per heavy atom. The van der Waals surface area contributed by atoms with Gasteiger partial charge < -0.3 is 11.1 Å². The van der Waals surface area contributed by atoms with Crippen LogP contribution in [0.1, 0.15) is 19.3 Å². The maximum absolute atomic E-state index is 10.9. The van der Waals surface area contributed by atoms with Crippen molar-refractivity contribution in [2.24, 2.45) is 5.73 Å². The molecule has 4 heteroatoms. The average molecular weight is 166 g/mol. The van der Waals surface area contributed by atoms with Gasteiger partial charge in [-0.2, -0.15) is 0 Å². The molecule has 2 amide bonds. The molecule has 1 rings (SSSR count). The van der Waals surface area contributed by atoms with E-state index in [1.54, 1.807) is 0 Å². The summed E-state index contributed by atoms with van der Waals surface area (Å²) in [5.41, 5.74) is 4.26. The van der Waals surface area contributed by atoms with Crippen molar-refractivity contribution in [1.82, 2.24) is 5.32 Å². The van der Waals surface area contributed by atoms with Crippen LogP contribution in [0, 0.1) is 12.3 Å². The summed E-state index contributed by atoms with van der Waals surface area (Å²) in [6.07, 6.45) is 6.93. The van der Waals surface area contributed by atoms with Crippen molar-refractivity contribution in [2.75, 3.05) is 0 Å². The van der Waals surface area contributed by atoms with E-state index in [-0.39, 0.29) is 0 Å². The molecule has 0 heterocycles. The lowest BCUT2D eigenvalue weighted by Crippen LogP contribution is -2.61. The van der Waals surface area contributed by atoms with Crippen molar-refractivity contribution >= 4 is 11.8 Å². The van der Waals surface area contributed by atoms with E-state index in [1.165, 1.54) is 0 Å². The summed E-state index contributed by atoms with van der Waals surface area (Å²) >= 11 is 0. The predicted molar refractivity (Wildman–Crippen MR) is 42.8 cm³/mol. The molecule has 0 atom stereocenters. The quantitative estimate of drug-likeness (QED) is 0.524. The number of hydrogen-bond acceptors (Lipinski definition) is 2. The largest absolute Gasteiger partial charge is 0.368 e. The number of carbonyl (C=O) groups is 2. The molecular weight excluding hydrogens is 156 g/mol. The standard InChI is InChI=1S/C8H10N2O2/c1-2-6(11)10-8(7(9)12)4-3-5-8/h1H,3-5H2,(H2,9,12)(H,10,11). The van der Waals surface area contributed by atoms with Crippen LogP contribution in [0.4, 0.5) is 0 Å². The molecule has 1 saturated carbocycles. The Bertz CT molecular complexity index is 261. The number of rotatable bonds is 2. The van der Waals surface area contributed by atoms with E-state index in [1.807, 2.05) is 5.92 Å². The van der Waals surface area contributed by atoms with E-state index < -0.39 is 17.4 Å². The predicted octanol–water partition coefficient (Wildman–Crippen LogP) is -0.856. The maximum Gasteiger partial charge on any atom is 0.296 e. The number of hydrogen-bond donors (Lipinski definition) is 2. The van der Waals surface area contributed by atoms with Gasteiger partial charge in [0.05, 0.1) is 0 Å². The second-order valence-electron chi connectivity index (χ2n) is 2.90. The van der Waals surface area contributed by atoms with Crippen LogP contribution >= 0.6 is 0 Å². The zero-order chi connectivity index (χ0) is 9.19. The zero-order valence-corrected chi connectivity index (χ0v) is 6.59. The SMILES string of the molecule is C#CC(=O)NC1(C(N)=O)CCC1. The molecule has 0 aromatic rings. The second-order valence-corrected chi connectivity index (χ2v) is 2.90. The number of nitrogens with one attached hydrogen (secondary N) is 1. The normalized spacial score (nSPS) is 18.6. The minimum absolute atomic E-state index is 0.502. The lowest BCUT2D eigenvalue weighted by Gasteiger charge is -2.38. The molecule has 0 aromatic heterocycles. The minimum atomic E-state index is -0.858. The van der Waals surface area contributed by atoms with Gasteiger partial charge in [0, 0.05) is 0 Å². The molecule has 1 aliphatic rings. The first-order valence-electron chi connectivity index (χ1n) is 3.69. The van der Waals surface area contributed by atoms with Crippen molar-refractivity contribution in [3.8, 4) is 12.3 Å².